The molecule has 0 heterocycles. The Labute approximate surface area is 152 Å². The molecule has 0 aliphatic heterocycles. The van der Waals surface area contributed by atoms with Gasteiger partial charge in [0, 0.05) is 11.8 Å². The minimum Gasteiger partial charge on any atom is -0.494 e. The molecule has 1 aromatic carbocycles. The van der Waals surface area contributed by atoms with Crippen LogP contribution in [0.2, 0.25) is 0 Å². The maximum atomic E-state index is 11.9. The van der Waals surface area contributed by atoms with Crippen LogP contribution in [0.1, 0.15) is 13.8 Å². The monoisotopic (exact) mass is 373 g/mol. The van der Waals surface area contributed by atoms with Crippen molar-refractivity contribution in [2.75, 3.05) is 24.3 Å². The molecule has 9 nitrogen and oxygen atoms in total. The van der Waals surface area contributed by atoms with Crippen molar-refractivity contribution in [3.63, 3.8) is 0 Å². The number of hydrogen-bond donors (Lipinski definition) is 5. The number of methoxy groups -OCH3 is 1. The van der Waals surface area contributed by atoms with Crippen molar-refractivity contribution in [2.45, 2.75) is 19.9 Å². The number of amides is 4. The zero-order valence-corrected chi connectivity index (χ0v) is 15.1. The average Bonchev–Trinajstić information content (AvgIpc) is 2.52. The smallest absolute Gasteiger partial charge is 0.316 e. The molecular formula is C15H24ClN5O4. The summed E-state index contributed by atoms with van der Waals surface area (Å²) in [6.07, 6.45) is 0. The fourth-order valence-corrected chi connectivity index (χ4v) is 1.80. The maximum Gasteiger partial charge on any atom is 0.316 e. The van der Waals surface area contributed by atoms with E-state index in [9.17, 15) is 14.4 Å². The van der Waals surface area contributed by atoms with E-state index in [0.29, 0.717) is 17.1 Å². The number of rotatable bonds is 7. The van der Waals surface area contributed by atoms with Gasteiger partial charge in [-0.15, -0.1) is 12.4 Å². The molecule has 0 bridgehead atoms. The SMILES string of the molecule is COc1cc(NC(=O)CNC(=O)[C@@H](N)C(C)C)ccc1NC(N)=O.Cl. The summed E-state index contributed by atoms with van der Waals surface area (Å²) in [5.74, 6) is -0.504. The van der Waals surface area contributed by atoms with Gasteiger partial charge in [0.05, 0.1) is 25.4 Å². The van der Waals surface area contributed by atoms with Gasteiger partial charge in [0.25, 0.3) is 0 Å². The van der Waals surface area contributed by atoms with Crippen molar-refractivity contribution < 1.29 is 19.1 Å². The number of halogens is 1. The highest BCUT2D eigenvalue weighted by atomic mass is 35.5. The van der Waals surface area contributed by atoms with E-state index in [4.69, 9.17) is 16.2 Å². The quantitative estimate of drug-likeness (QED) is 0.475. The van der Waals surface area contributed by atoms with Crippen molar-refractivity contribution in [3.05, 3.63) is 18.2 Å². The number of urea groups is 1. The molecule has 7 N–H and O–H groups in total. The first-order chi connectivity index (χ1) is 11.2. The van der Waals surface area contributed by atoms with Gasteiger partial charge in [-0.2, -0.15) is 0 Å². The summed E-state index contributed by atoms with van der Waals surface area (Å²) >= 11 is 0. The number of hydrogen-bond acceptors (Lipinski definition) is 5. The Morgan fingerprint density at radius 2 is 1.84 bits per heavy atom. The Morgan fingerprint density at radius 1 is 1.20 bits per heavy atom. The van der Waals surface area contributed by atoms with Crippen molar-refractivity contribution in [3.8, 4) is 5.75 Å². The highest BCUT2D eigenvalue weighted by Crippen LogP contribution is 2.27. The average molecular weight is 374 g/mol. The molecule has 0 aliphatic carbocycles. The third-order valence-corrected chi connectivity index (χ3v) is 3.19. The molecule has 1 atom stereocenters. The van der Waals surface area contributed by atoms with E-state index < -0.39 is 23.9 Å². The first-order valence-corrected chi connectivity index (χ1v) is 7.32. The molecule has 0 aromatic heterocycles. The molecule has 1 rings (SSSR count). The van der Waals surface area contributed by atoms with E-state index in [-0.39, 0.29) is 24.9 Å². The van der Waals surface area contributed by atoms with Gasteiger partial charge in [0.15, 0.2) is 0 Å². The van der Waals surface area contributed by atoms with Crippen LogP contribution in [0.5, 0.6) is 5.75 Å². The second-order valence-electron chi connectivity index (χ2n) is 5.44. The number of benzene rings is 1. The molecule has 1 aromatic rings. The largest absolute Gasteiger partial charge is 0.494 e. The Morgan fingerprint density at radius 3 is 2.36 bits per heavy atom. The summed E-state index contributed by atoms with van der Waals surface area (Å²) in [5, 5.41) is 7.47. The molecular weight excluding hydrogens is 350 g/mol. The fourth-order valence-electron chi connectivity index (χ4n) is 1.80. The first-order valence-electron chi connectivity index (χ1n) is 7.32. The molecule has 0 saturated heterocycles. The predicted octanol–water partition coefficient (Wildman–Crippen LogP) is 0.646. The molecule has 0 unspecified atom stereocenters. The van der Waals surface area contributed by atoms with Crippen LogP contribution in [0.15, 0.2) is 18.2 Å². The van der Waals surface area contributed by atoms with E-state index in [2.05, 4.69) is 16.0 Å². The number of ether oxygens (including phenoxy) is 1. The Balaban J connectivity index is 0.00000576. The molecule has 0 saturated carbocycles. The second kappa shape index (κ2) is 10.4. The predicted molar refractivity (Wildman–Crippen MR) is 97.9 cm³/mol. The second-order valence-corrected chi connectivity index (χ2v) is 5.44. The molecule has 140 valence electrons. The summed E-state index contributed by atoms with van der Waals surface area (Å²) in [5.41, 5.74) is 11.6. The van der Waals surface area contributed by atoms with E-state index in [1.807, 2.05) is 13.8 Å². The van der Waals surface area contributed by atoms with Crippen LogP contribution in [0, 0.1) is 5.92 Å². The Bertz CT molecular complexity index is 624. The molecule has 0 spiro atoms. The first kappa shape index (κ1) is 22.5. The van der Waals surface area contributed by atoms with Crippen LogP contribution >= 0.6 is 12.4 Å². The molecule has 0 radical (unpaired) electrons. The van der Waals surface area contributed by atoms with Gasteiger partial charge >= 0.3 is 6.03 Å². The van der Waals surface area contributed by atoms with Gasteiger partial charge in [-0.1, -0.05) is 13.8 Å². The summed E-state index contributed by atoms with van der Waals surface area (Å²) in [6.45, 7) is 3.43. The normalized spacial score (nSPS) is 11.1. The lowest BCUT2D eigenvalue weighted by atomic mass is 10.1. The lowest BCUT2D eigenvalue weighted by Crippen LogP contribution is -2.46. The minimum absolute atomic E-state index is 0. The lowest BCUT2D eigenvalue weighted by molar-refractivity contribution is -0.125. The third kappa shape index (κ3) is 7.27. The van der Waals surface area contributed by atoms with Crippen molar-refractivity contribution in [1.29, 1.82) is 0 Å². The van der Waals surface area contributed by atoms with Crippen LogP contribution < -0.4 is 32.2 Å². The summed E-state index contributed by atoms with van der Waals surface area (Å²) in [4.78, 5) is 34.5. The molecule has 4 amide bonds. The summed E-state index contributed by atoms with van der Waals surface area (Å²) in [7, 11) is 1.42. The molecule has 0 aliphatic rings. The van der Waals surface area contributed by atoms with Gasteiger partial charge in [-0.05, 0) is 18.1 Å². The lowest BCUT2D eigenvalue weighted by Gasteiger charge is -2.15. The zero-order valence-electron chi connectivity index (χ0n) is 14.3. The van der Waals surface area contributed by atoms with Crippen LogP contribution in [0.4, 0.5) is 16.2 Å². The molecule has 0 fully saturated rings. The minimum atomic E-state index is -0.728. The summed E-state index contributed by atoms with van der Waals surface area (Å²) in [6, 6.07) is 3.22. The number of carbonyl (C=O) groups excluding carboxylic acids is 3. The topological polar surface area (TPSA) is 149 Å². The third-order valence-electron chi connectivity index (χ3n) is 3.19. The van der Waals surface area contributed by atoms with Crippen LogP contribution in [-0.2, 0) is 9.59 Å². The van der Waals surface area contributed by atoms with Crippen LogP contribution in [0.25, 0.3) is 0 Å². The van der Waals surface area contributed by atoms with E-state index in [0.717, 1.165) is 0 Å². The maximum absolute atomic E-state index is 11.9. The van der Waals surface area contributed by atoms with Gasteiger partial charge in [-0.3, -0.25) is 9.59 Å². The van der Waals surface area contributed by atoms with E-state index in [1.165, 1.54) is 19.2 Å². The highest BCUT2D eigenvalue weighted by molar-refractivity contribution is 5.96. The fraction of sp³-hybridized carbons (Fsp3) is 0.400. The van der Waals surface area contributed by atoms with Gasteiger partial charge in [-0.25, -0.2) is 4.79 Å². The number of carbonyl (C=O) groups is 3. The number of primary amides is 1. The van der Waals surface area contributed by atoms with Gasteiger partial charge in [0.1, 0.15) is 5.75 Å². The Hall–Kier alpha value is -2.52. The van der Waals surface area contributed by atoms with Gasteiger partial charge in [0.2, 0.25) is 11.8 Å². The standard InChI is InChI=1S/C15H23N5O4.ClH/c1-8(2)13(16)14(22)18-7-12(21)19-9-4-5-10(20-15(17)23)11(6-9)24-3;/h4-6,8,13H,7,16H2,1-3H3,(H,18,22)(H,19,21)(H3,17,20,23);1H/t13-;/m0./s1. The van der Waals surface area contributed by atoms with E-state index in [1.54, 1.807) is 6.07 Å². The van der Waals surface area contributed by atoms with E-state index >= 15 is 0 Å². The van der Waals surface area contributed by atoms with Crippen LogP contribution in [-0.4, -0.2) is 37.5 Å². The van der Waals surface area contributed by atoms with Crippen molar-refractivity contribution in [1.82, 2.24) is 5.32 Å². The Kier molecular flexibility index (Phi) is 9.32. The number of anilines is 2. The number of nitrogens with one attached hydrogen (secondary N) is 3. The highest BCUT2D eigenvalue weighted by Gasteiger charge is 2.17. The van der Waals surface area contributed by atoms with Crippen molar-refractivity contribution in [2.24, 2.45) is 17.4 Å². The summed E-state index contributed by atoms with van der Waals surface area (Å²) < 4.78 is 5.12. The van der Waals surface area contributed by atoms with Gasteiger partial charge < -0.3 is 32.2 Å². The molecule has 10 heteroatoms. The zero-order chi connectivity index (χ0) is 18.3. The molecule has 25 heavy (non-hydrogen) atoms. The van der Waals surface area contributed by atoms with Crippen LogP contribution in [0.3, 0.4) is 0 Å². The van der Waals surface area contributed by atoms with Crippen molar-refractivity contribution >= 4 is 41.6 Å². The number of nitrogens with two attached hydrogens (primary N) is 2.